The zero-order chi connectivity index (χ0) is 12.5. The van der Waals surface area contributed by atoms with Crippen molar-refractivity contribution < 1.29 is 0 Å². The van der Waals surface area contributed by atoms with Crippen molar-refractivity contribution in [3.05, 3.63) is 59.5 Å². The number of aryl methyl sites for hydroxylation is 1. The Balaban J connectivity index is 2.19. The van der Waals surface area contributed by atoms with Crippen LogP contribution in [0.3, 0.4) is 0 Å². The fourth-order valence-corrected chi connectivity index (χ4v) is 2.25. The van der Waals surface area contributed by atoms with E-state index in [0.29, 0.717) is 0 Å². The molecular weight excluding hydrogens is 244 g/mol. The molecule has 0 spiro atoms. The first-order valence-electron chi connectivity index (χ1n) is 5.73. The van der Waals surface area contributed by atoms with Gasteiger partial charge in [0.2, 0.25) is 5.28 Å². The van der Waals surface area contributed by atoms with Gasteiger partial charge in [0.1, 0.15) is 0 Å². The highest BCUT2D eigenvalue weighted by Gasteiger charge is 2.04. The van der Waals surface area contributed by atoms with Crippen LogP contribution in [0.5, 0.6) is 0 Å². The van der Waals surface area contributed by atoms with Crippen molar-refractivity contribution in [2.24, 2.45) is 0 Å². The summed E-state index contributed by atoms with van der Waals surface area (Å²) in [6.07, 6.45) is 0. The molecular formula is C15H11ClN2. The predicted molar refractivity (Wildman–Crippen MR) is 74.7 cm³/mol. The Labute approximate surface area is 110 Å². The SMILES string of the molecule is Cc1cc(-c2ccc3ccccc3c2)nc(Cl)n1. The molecule has 3 aromatic rings. The lowest BCUT2D eigenvalue weighted by Gasteiger charge is -2.04. The van der Waals surface area contributed by atoms with Crippen molar-refractivity contribution in [3.63, 3.8) is 0 Å². The molecule has 18 heavy (non-hydrogen) atoms. The van der Waals surface area contributed by atoms with Crippen molar-refractivity contribution in [2.75, 3.05) is 0 Å². The maximum absolute atomic E-state index is 5.90. The van der Waals surface area contributed by atoms with Gasteiger partial charge in [0.15, 0.2) is 0 Å². The maximum atomic E-state index is 5.90. The third-order valence-corrected chi connectivity index (χ3v) is 3.04. The minimum atomic E-state index is 0.290. The number of rotatable bonds is 1. The van der Waals surface area contributed by atoms with Crippen LogP contribution in [-0.2, 0) is 0 Å². The Kier molecular flexibility index (Phi) is 2.73. The summed E-state index contributed by atoms with van der Waals surface area (Å²) < 4.78 is 0. The summed E-state index contributed by atoms with van der Waals surface area (Å²) in [6.45, 7) is 1.91. The van der Waals surface area contributed by atoms with E-state index in [0.717, 1.165) is 17.0 Å². The molecule has 0 saturated carbocycles. The van der Waals surface area contributed by atoms with Crippen LogP contribution in [0.15, 0.2) is 48.5 Å². The number of fused-ring (bicyclic) bond motifs is 1. The van der Waals surface area contributed by atoms with E-state index in [1.165, 1.54) is 10.8 Å². The molecule has 0 aliphatic rings. The molecule has 0 fully saturated rings. The van der Waals surface area contributed by atoms with Gasteiger partial charge in [0.25, 0.3) is 0 Å². The first-order valence-corrected chi connectivity index (χ1v) is 6.10. The predicted octanol–water partition coefficient (Wildman–Crippen LogP) is 4.26. The van der Waals surface area contributed by atoms with E-state index in [2.05, 4.69) is 40.3 Å². The Morgan fingerprint density at radius 1 is 0.889 bits per heavy atom. The summed E-state index contributed by atoms with van der Waals surface area (Å²) in [7, 11) is 0. The van der Waals surface area contributed by atoms with Crippen LogP contribution in [0.25, 0.3) is 22.0 Å². The molecule has 0 aliphatic carbocycles. The Morgan fingerprint density at radius 2 is 1.67 bits per heavy atom. The largest absolute Gasteiger partial charge is 0.223 e. The van der Waals surface area contributed by atoms with Crippen molar-refractivity contribution >= 4 is 22.4 Å². The van der Waals surface area contributed by atoms with Gasteiger partial charge in [-0.2, -0.15) is 0 Å². The van der Waals surface area contributed by atoms with Gasteiger partial charge in [-0.25, -0.2) is 9.97 Å². The highest BCUT2D eigenvalue weighted by Crippen LogP contribution is 2.24. The zero-order valence-corrected chi connectivity index (χ0v) is 10.6. The summed E-state index contributed by atoms with van der Waals surface area (Å²) in [6, 6.07) is 16.5. The van der Waals surface area contributed by atoms with Crippen LogP contribution in [0.2, 0.25) is 5.28 Å². The normalized spacial score (nSPS) is 10.8. The monoisotopic (exact) mass is 254 g/mol. The molecule has 88 valence electrons. The summed E-state index contributed by atoms with van der Waals surface area (Å²) in [5, 5.41) is 2.71. The van der Waals surface area contributed by atoms with Gasteiger partial charge in [-0.05, 0) is 41.4 Å². The molecule has 3 heteroatoms. The molecule has 2 aromatic carbocycles. The lowest BCUT2D eigenvalue weighted by molar-refractivity contribution is 1.11. The number of aromatic nitrogens is 2. The van der Waals surface area contributed by atoms with Crippen LogP contribution in [0, 0.1) is 6.92 Å². The lowest BCUT2D eigenvalue weighted by Crippen LogP contribution is -1.90. The van der Waals surface area contributed by atoms with E-state index in [4.69, 9.17) is 11.6 Å². The first-order chi connectivity index (χ1) is 8.72. The zero-order valence-electron chi connectivity index (χ0n) is 9.89. The number of hydrogen-bond donors (Lipinski definition) is 0. The second kappa shape index (κ2) is 4.39. The topological polar surface area (TPSA) is 25.8 Å². The molecule has 0 radical (unpaired) electrons. The fraction of sp³-hybridized carbons (Fsp3) is 0.0667. The highest BCUT2D eigenvalue weighted by molar-refractivity contribution is 6.28. The molecule has 3 rings (SSSR count). The first kappa shape index (κ1) is 11.2. The molecule has 0 amide bonds. The third-order valence-electron chi connectivity index (χ3n) is 2.87. The average molecular weight is 255 g/mol. The Bertz CT molecular complexity index is 702. The van der Waals surface area contributed by atoms with E-state index < -0.39 is 0 Å². The third kappa shape index (κ3) is 2.07. The molecule has 0 saturated heterocycles. The van der Waals surface area contributed by atoms with Crippen molar-refractivity contribution in [1.29, 1.82) is 0 Å². The second-order valence-electron chi connectivity index (χ2n) is 4.23. The molecule has 0 atom stereocenters. The summed E-state index contributed by atoms with van der Waals surface area (Å²) >= 11 is 5.90. The van der Waals surface area contributed by atoms with E-state index in [1.54, 1.807) is 0 Å². The molecule has 0 unspecified atom stereocenters. The van der Waals surface area contributed by atoms with E-state index in [1.807, 2.05) is 25.1 Å². The summed E-state index contributed by atoms with van der Waals surface area (Å²) in [5.74, 6) is 0. The fourth-order valence-electron chi connectivity index (χ4n) is 2.03. The second-order valence-corrected chi connectivity index (χ2v) is 4.56. The van der Waals surface area contributed by atoms with Gasteiger partial charge in [-0.15, -0.1) is 0 Å². The van der Waals surface area contributed by atoms with Crippen molar-refractivity contribution in [1.82, 2.24) is 9.97 Å². The van der Waals surface area contributed by atoms with Gasteiger partial charge < -0.3 is 0 Å². The minimum absolute atomic E-state index is 0.290. The van der Waals surface area contributed by atoms with E-state index in [-0.39, 0.29) is 5.28 Å². The Hall–Kier alpha value is -1.93. The van der Waals surface area contributed by atoms with E-state index >= 15 is 0 Å². The molecule has 2 nitrogen and oxygen atoms in total. The molecule has 0 bridgehead atoms. The maximum Gasteiger partial charge on any atom is 0.223 e. The van der Waals surface area contributed by atoms with Gasteiger partial charge in [0.05, 0.1) is 5.69 Å². The van der Waals surface area contributed by atoms with Gasteiger partial charge in [0, 0.05) is 11.3 Å². The Morgan fingerprint density at radius 3 is 2.44 bits per heavy atom. The molecule has 1 aromatic heterocycles. The van der Waals surface area contributed by atoms with Gasteiger partial charge >= 0.3 is 0 Å². The summed E-state index contributed by atoms with van der Waals surface area (Å²) in [4.78, 5) is 8.34. The smallest absolute Gasteiger partial charge is 0.223 e. The van der Waals surface area contributed by atoms with Crippen LogP contribution < -0.4 is 0 Å². The van der Waals surface area contributed by atoms with Crippen molar-refractivity contribution in [3.8, 4) is 11.3 Å². The van der Waals surface area contributed by atoms with Crippen LogP contribution in [-0.4, -0.2) is 9.97 Å². The number of hydrogen-bond acceptors (Lipinski definition) is 2. The standard InChI is InChI=1S/C15H11ClN2/c1-10-8-14(18-15(16)17-10)13-7-6-11-4-2-3-5-12(11)9-13/h2-9H,1H3. The van der Waals surface area contributed by atoms with Crippen molar-refractivity contribution in [2.45, 2.75) is 6.92 Å². The van der Waals surface area contributed by atoms with Gasteiger partial charge in [-0.3, -0.25) is 0 Å². The quantitative estimate of drug-likeness (QED) is 0.607. The van der Waals surface area contributed by atoms with Crippen LogP contribution in [0.4, 0.5) is 0 Å². The molecule has 0 N–H and O–H groups in total. The summed E-state index contributed by atoms with van der Waals surface area (Å²) in [5.41, 5.74) is 2.79. The van der Waals surface area contributed by atoms with Crippen LogP contribution >= 0.6 is 11.6 Å². The van der Waals surface area contributed by atoms with E-state index in [9.17, 15) is 0 Å². The van der Waals surface area contributed by atoms with Gasteiger partial charge in [-0.1, -0.05) is 36.4 Å². The lowest BCUT2D eigenvalue weighted by atomic mass is 10.0. The molecule has 1 heterocycles. The number of halogens is 1. The minimum Gasteiger partial charge on any atom is -0.223 e. The number of nitrogens with zero attached hydrogens (tertiary/aromatic N) is 2. The number of benzene rings is 2. The highest BCUT2D eigenvalue weighted by atomic mass is 35.5. The average Bonchev–Trinajstić information content (AvgIpc) is 2.37. The van der Waals surface area contributed by atoms with Crippen LogP contribution in [0.1, 0.15) is 5.69 Å². The molecule has 0 aliphatic heterocycles.